The Bertz CT molecular complexity index is 2850. The summed E-state index contributed by atoms with van der Waals surface area (Å²) in [6.45, 7) is 0. The summed E-state index contributed by atoms with van der Waals surface area (Å²) in [5.74, 6) is 0. The first-order valence-corrected chi connectivity index (χ1v) is 17.7. The number of nitrogens with zero attached hydrogens (tertiary/aromatic N) is 1. The highest BCUT2D eigenvalue weighted by molar-refractivity contribution is 6.15. The first kappa shape index (κ1) is 28.2. The molecule has 6 bridgehead atoms. The van der Waals surface area contributed by atoms with E-state index in [0.29, 0.717) is 0 Å². The highest BCUT2D eigenvalue weighted by atomic mass is 15.1. The van der Waals surface area contributed by atoms with Crippen molar-refractivity contribution >= 4 is 38.6 Å². The molecule has 0 N–H and O–H groups in total. The van der Waals surface area contributed by atoms with Gasteiger partial charge in [0.15, 0.2) is 0 Å². The molecule has 0 unspecified atom stereocenters. The van der Waals surface area contributed by atoms with Crippen molar-refractivity contribution < 1.29 is 0 Å². The third kappa shape index (κ3) is 4.22. The number of anilines is 3. The van der Waals surface area contributed by atoms with Gasteiger partial charge in [0.05, 0.1) is 0 Å². The average molecular weight is 646 g/mol. The van der Waals surface area contributed by atoms with Gasteiger partial charge in [0.25, 0.3) is 0 Å². The summed E-state index contributed by atoms with van der Waals surface area (Å²) in [5, 5.41) is 4.96. The Kier molecular flexibility index (Phi) is 6.02. The van der Waals surface area contributed by atoms with E-state index in [2.05, 4.69) is 193 Å². The lowest BCUT2D eigenvalue weighted by molar-refractivity contribution is 1.29. The van der Waals surface area contributed by atoms with Crippen LogP contribution in [0.3, 0.4) is 0 Å². The van der Waals surface area contributed by atoms with E-state index in [1.54, 1.807) is 0 Å². The highest BCUT2D eigenvalue weighted by Gasteiger charge is 2.31. The Hall–Kier alpha value is -6.70. The van der Waals surface area contributed by atoms with Crippen LogP contribution in [-0.2, 0) is 0 Å². The second-order valence-electron chi connectivity index (χ2n) is 13.7. The van der Waals surface area contributed by atoms with Crippen LogP contribution in [0.5, 0.6) is 0 Å². The largest absolute Gasteiger partial charge is 0.310 e. The second kappa shape index (κ2) is 10.9. The molecule has 9 aromatic carbocycles. The van der Waals surface area contributed by atoms with Gasteiger partial charge in [-0.05, 0) is 125 Å². The molecule has 1 nitrogen and oxygen atoms in total. The van der Waals surface area contributed by atoms with Gasteiger partial charge < -0.3 is 4.90 Å². The monoisotopic (exact) mass is 645 g/mol. The number of rotatable bonds is 4. The highest BCUT2D eigenvalue weighted by Crippen LogP contribution is 2.57. The van der Waals surface area contributed by atoms with E-state index in [-0.39, 0.29) is 0 Å². The Balaban J connectivity index is 1.17. The molecule has 0 radical (unpaired) electrons. The minimum atomic E-state index is 1.12. The lowest BCUT2D eigenvalue weighted by Gasteiger charge is -2.28. The Morgan fingerprint density at radius 2 is 0.765 bits per heavy atom. The first-order valence-electron chi connectivity index (χ1n) is 17.7. The van der Waals surface area contributed by atoms with Crippen LogP contribution in [0.4, 0.5) is 17.1 Å². The first-order chi connectivity index (χ1) is 25.3. The molecule has 0 amide bonds. The van der Waals surface area contributed by atoms with Crippen LogP contribution < -0.4 is 4.90 Å². The number of fused-ring (bicyclic) bond motifs is 6. The van der Waals surface area contributed by atoms with Crippen molar-refractivity contribution in [2.75, 3.05) is 4.90 Å². The number of hydrogen-bond acceptors (Lipinski definition) is 1. The third-order valence-electron chi connectivity index (χ3n) is 10.9. The van der Waals surface area contributed by atoms with Crippen LogP contribution in [0.15, 0.2) is 188 Å². The molecule has 0 spiro atoms. The Labute approximate surface area is 297 Å². The maximum atomic E-state index is 2.44. The zero-order valence-electron chi connectivity index (χ0n) is 27.8. The maximum Gasteiger partial charge on any atom is 0.0468 e. The van der Waals surface area contributed by atoms with Crippen molar-refractivity contribution in [3.8, 4) is 66.8 Å². The van der Waals surface area contributed by atoms with E-state index in [1.165, 1.54) is 88.3 Å². The van der Waals surface area contributed by atoms with E-state index in [4.69, 9.17) is 0 Å². The molecule has 0 heterocycles. The normalized spacial score (nSPS) is 11.9. The molecular weight excluding hydrogens is 615 g/mol. The lowest BCUT2D eigenvalue weighted by atomic mass is 9.83. The molecular formula is C50H31N. The third-order valence-corrected chi connectivity index (χ3v) is 10.9. The Morgan fingerprint density at radius 1 is 0.255 bits per heavy atom. The number of benzene rings is 9. The van der Waals surface area contributed by atoms with E-state index in [9.17, 15) is 0 Å². The maximum absolute atomic E-state index is 2.44. The van der Waals surface area contributed by atoms with E-state index < -0.39 is 0 Å². The van der Waals surface area contributed by atoms with Gasteiger partial charge in [-0.2, -0.15) is 0 Å². The van der Waals surface area contributed by atoms with Gasteiger partial charge in [-0.25, -0.2) is 0 Å². The van der Waals surface area contributed by atoms with Crippen LogP contribution in [0, 0.1) is 0 Å². The SMILES string of the molecule is c1cc(-c2cccc3ccccc23)cc(N(c2ccc3c(c2)-c2c4cccc2-c2cccc-3c2-c2ccccc2-4)c2ccc3ccccc3c2)c1. The fourth-order valence-corrected chi connectivity index (χ4v) is 8.68. The molecule has 0 aromatic heterocycles. The zero-order chi connectivity index (χ0) is 33.5. The van der Waals surface area contributed by atoms with Crippen LogP contribution in [0.2, 0.25) is 0 Å². The van der Waals surface area contributed by atoms with E-state index in [0.717, 1.165) is 17.1 Å². The fraction of sp³-hybridized carbons (Fsp3) is 0. The second-order valence-corrected chi connectivity index (χ2v) is 13.7. The summed E-state index contributed by atoms with van der Waals surface area (Å²) >= 11 is 0. The molecule has 0 saturated heterocycles. The standard InChI is InChI=1S/C50H31N/c1-2-13-34-29-37(26-25-32(34)11-1)51(36-16-7-15-35(30-36)40-20-8-14-33-12-3-4-17-39(33)40)38-27-28-42-45-22-10-23-46-47-24-9-21-44(50(47)48(42)31-38)41-18-5-6-19-43(41)49(45)46/h1-31H. The van der Waals surface area contributed by atoms with Gasteiger partial charge >= 0.3 is 0 Å². The van der Waals surface area contributed by atoms with Crippen molar-refractivity contribution in [1.29, 1.82) is 0 Å². The molecule has 2 aliphatic rings. The molecule has 236 valence electrons. The minimum Gasteiger partial charge on any atom is -0.310 e. The molecule has 0 aliphatic heterocycles. The van der Waals surface area contributed by atoms with Gasteiger partial charge in [-0.3, -0.25) is 0 Å². The lowest BCUT2D eigenvalue weighted by Crippen LogP contribution is -2.10. The van der Waals surface area contributed by atoms with Gasteiger partial charge in [-0.15, -0.1) is 0 Å². The summed E-state index contributed by atoms with van der Waals surface area (Å²) in [6.07, 6.45) is 0. The van der Waals surface area contributed by atoms with Crippen LogP contribution >= 0.6 is 0 Å². The summed E-state index contributed by atoms with van der Waals surface area (Å²) in [7, 11) is 0. The molecule has 1 heteroatoms. The van der Waals surface area contributed by atoms with E-state index in [1.807, 2.05) is 0 Å². The molecule has 0 atom stereocenters. The predicted octanol–water partition coefficient (Wildman–Crippen LogP) is 14.1. The summed E-state index contributed by atoms with van der Waals surface area (Å²) in [6, 6.07) is 69.5. The van der Waals surface area contributed by atoms with E-state index >= 15 is 0 Å². The van der Waals surface area contributed by atoms with Crippen molar-refractivity contribution in [2.24, 2.45) is 0 Å². The smallest absolute Gasteiger partial charge is 0.0468 e. The molecule has 0 fully saturated rings. The van der Waals surface area contributed by atoms with Gasteiger partial charge in [-0.1, -0.05) is 152 Å². The summed E-state index contributed by atoms with van der Waals surface area (Å²) < 4.78 is 0. The molecule has 51 heavy (non-hydrogen) atoms. The fourth-order valence-electron chi connectivity index (χ4n) is 8.68. The summed E-state index contributed by atoms with van der Waals surface area (Å²) in [4.78, 5) is 2.44. The Morgan fingerprint density at radius 3 is 1.59 bits per heavy atom. The van der Waals surface area contributed by atoms with Crippen molar-refractivity contribution in [1.82, 2.24) is 0 Å². The topological polar surface area (TPSA) is 3.24 Å². The molecule has 2 aliphatic carbocycles. The van der Waals surface area contributed by atoms with Crippen LogP contribution in [0.25, 0.3) is 88.3 Å². The zero-order valence-corrected chi connectivity index (χ0v) is 27.8. The van der Waals surface area contributed by atoms with Crippen LogP contribution in [0.1, 0.15) is 0 Å². The van der Waals surface area contributed by atoms with Crippen molar-refractivity contribution in [3.63, 3.8) is 0 Å². The summed E-state index contributed by atoms with van der Waals surface area (Å²) in [5.41, 5.74) is 18.8. The molecule has 11 rings (SSSR count). The quantitative estimate of drug-likeness (QED) is 0.184. The molecule has 0 saturated carbocycles. The van der Waals surface area contributed by atoms with Crippen molar-refractivity contribution in [2.45, 2.75) is 0 Å². The predicted molar refractivity (Wildman–Crippen MR) is 216 cm³/mol. The number of hydrogen-bond donors (Lipinski definition) is 0. The van der Waals surface area contributed by atoms with Crippen LogP contribution in [-0.4, -0.2) is 0 Å². The van der Waals surface area contributed by atoms with Gasteiger partial charge in [0.1, 0.15) is 0 Å². The van der Waals surface area contributed by atoms with Gasteiger partial charge in [0, 0.05) is 17.1 Å². The van der Waals surface area contributed by atoms with Crippen molar-refractivity contribution in [3.05, 3.63) is 188 Å². The van der Waals surface area contributed by atoms with Gasteiger partial charge in [0.2, 0.25) is 0 Å². The minimum absolute atomic E-state index is 1.12. The average Bonchev–Trinajstić information content (AvgIpc) is 3.30. The molecule has 9 aromatic rings.